The molecule has 1 aromatic heterocycles. The molecule has 0 unspecified atom stereocenters. The predicted octanol–water partition coefficient (Wildman–Crippen LogP) is 2.12. The first kappa shape index (κ1) is 6.30. The third kappa shape index (κ3) is 1.30. The summed E-state index contributed by atoms with van der Waals surface area (Å²) < 4.78 is 4.69. The van der Waals surface area contributed by atoms with Gasteiger partial charge in [0, 0.05) is 6.07 Å². The Balaban J connectivity index is 2.90. The zero-order valence-corrected chi connectivity index (χ0v) is 6.05. The second-order valence-corrected chi connectivity index (χ2v) is 1.96. The van der Waals surface area contributed by atoms with E-state index < -0.39 is 0 Å². The van der Waals surface area contributed by atoms with Gasteiger partial charge in [-0.1, -0.05) is 22.5 Å². The molecule has 0 aliphatic rings. The van der Waals surface area contributed by atoms with Crippen molar-refractivity contribution in [2.45, 2.75) is 5.33 Å². The number of halogens is 1. The van der Waals surface area contributed by atoms with Crippen molar-refractivity contribution in [3.05, 3.63) is 23.2 Å². The molecule has 0 bridgehead atoms. The maximum absolute atomic E-state index is 6.52. The number of alkyl halides is 1. The highest BCUT2D eigenvalue weighted by Crippen LogP contribution is 2.13. The monoisotopic (exact) mass is 186 g/mol. The Kier molecular flexibility index (Phi) is 1.85. The van der Waals surface area contributed by atoms with E-state index in [0.29, 0.717) is 16.9 Å². The first-order valence-electron chi connectivity index (χ1n) is 2.26. The largest absolute Gasteiger partial charge is 0.357 e. The molecule has 0 amide bonds. The minimum atomic E-state index is 0.310. The number of aromatic nitrogens is 1. The van der Waals surface area contributed by atoms with Crippen molar-refractivity contribution in [2.75, 3.05) is 0 Å². The van der Waals surface area contributed by atoms with E-state index in [0.717, 1.165) is 0 Å². The summed E-state index contributed by atoms with van der Waals surface area (Å²) in [5.74, 6) is 0.991. The highest BCUT2D eigenvalue weighted by Gasteiger charge is 2.01. The van der Waals surface area contributed by atoms with Gasteiger partial charge in [-0.05, 0) is 0 Å². The fourth-order valence-electron chi connectivity index (χ4n) is 0.418. The first-order chi connectivity index (χ1) is 4.36. The van der Waals surface area contributed by atoms with Crippen LogP contribution >= 0.6 is 15.9 Å². The van der Waals surface area contributed by atoms with Gasteiger partial charge >= 0.3 is 5.82 Å². The van der Waals surface area contributed by atoms with E-state index in [4.69, 9.17) is 11.1 Å². The lowest BCUT2D eigenvalue weighted by Crippen LogP contribution is -1.62. The zero-order chi connectivity index (χ0) is 6.69. The minimum absolute atomic E-state index is 0.310. The second-order valence-electron chi connectivity index (χ2n) is 1.40. The lowest BCUT2D eigenvalue weighted by molar-refractivity contribution is 0.399. The highest BCUT2D eigenvalue weighted by atomic mass is 79.9. The summed E-state index contributed by atoms with van der Waals surface area (Å²) in [5, 5.41) is 4.05. The Labute approximate surface area is 60.6 Å². The maximum Gasteiger partial charge on any atom is 0.318 e. The zero-order valence-electron chi connectivity index (χ0n) is 4.47. The van der Waals surface area contributed by atoms with Gasteiger partial charge in [0.05, 0.1) is 10.5 Å². The average Bonchev–Trinajstić information content (AvgIpc) is 2.34. The SMILES string of the molecule is [C-]#[N+]c1cc(CBr)on1. The standard InChI is InChI=1S/C5H3BrN2O/c1-7-5-2-4(3-6)9-8-5/h2H,3H2. The number of nitrogens with zero attached hydrogens (tertiary/aromatic N) is 2. The van der Waals surface area contributed by atoms with Gasteiger partial charge in [0.2, 0.25) is 0 Å². The molecule has 1 aromatic rings. The molecular weight excluding hydrogens is 184 g/mol. The Morgan fingerprint density at radius 2 is 2.67 bits per heavy atom. The lowest BCUT2D eigenvalue weighted by Gasteiger charge is -1.72. The molecule has 1 heterocycles. The van der Waals surface area contributed by atoms with Gasteiger partial charge in [0.15, 0.2) is 5.76 Å². The van der Waals surface area contributed by atoms with Crippen LogP contribution in [0.15, 0.2) is 10.6 Å². The summed E-state index contributed by atoms with van der Waals surface area (Å²) in [6.07, 6.45) is 0. The molecule has 0 saturated heterocycles. The Hall–Kier alpha value is -0.820. The molecule has 0 N–H and O–H groups in total. The van der Waals surface area contributed by atoms with E-state index in [1.807, 2.05) is 0 Å². The Morgan fingerprint density at radius 1 is 1.89 bits per heavy atom. The molecule has 0 fully saturated rings. The van der Waals surface area contributed by atoms with E-state index in [9.17, 15) is 0 Å². The fraction of sp³-hybridized carbons (Fsp3) is 0.200. The molecule has 1 rings (SSSR count). The van der Waals surface area contributed by atoms with Crippen LogP contribution in [0.25, 0.3) is 4.85 Å². The summed E-state index contributed by atoms with van der Waals surface area (Å²) >= 11 is 3.16. The molecule has 0 aliphatic carbocycles. The van der Waals surface area contributed by atoms with Crippen LogP contribution < -0.4 is 0 Å². The summed E-state index contributed by atoms with van der Waals surface area (Å²) in [4.78, 5) is 3.06. The van der Waals surface area contributed by atoms with E-state index in [2.05, 4.69) is 25.9 Å². The van der Waals surface area contributed by atoms with Crippen LogP contribution in [0, 0.1) is 6.57 Å². The van der Waals surface area contributed by atoms with E-state index in [-0.39, 0.29) is 0 Å². The van der Waals surface area contributed by atoms with Gasteiger partial charge in [0.1, 0.15) is 0 Å². The van der Waals surface area contributed by atoms with Gasteiger partial charge in [-0.3, -0.25) is 4.52 Å². The Morgan fingerprint density at radius 3 is 3.00 bits per heavy atom. The predicted molar refractivity (Wildman–Crippen MR) is 35.4 cm³/mol. The van der Waals surface area contributed by atoms with E-state index in [1.165, 1.54) is 0 Å². The molecule has 0 atom stereocenters. The van der Waals surface area contributed by atoms with Crippen molar-refractivity contribution < 1.29 is 4.52 Å². The number of rotatable bonds is 1. The van der Waals surface area contributed by atoms with Gasteiger partial charge in [-0.2, -0.15) is 0 Å². The molecule has 0 saturated carbocycles. The summed E-state index contributed by atoms with van der Waals surface area (Å²) in [5.41, 5.74) is 0. The number of hydrogen-bond acceptors (Lipinski definition) is 2. The fourth-order valence-corrected chi connectivity index (χ4v) is 0.682. The van der Waals surface area contributed by atoms with Crippen molar-refractivity contribution >= 4 is 21.7 Å². The quantitative estimate of drug-likeness (QED) is 0.497. The van der Waals surface area contributed by atoms with E-state index in [1.54, 1.807) is 6.07 Å². The maximum atomic E-state index is 6.52. The summed E-state index contributed by atoms with van der Waals surface area (Å²) in [7, 11) is 0. The molecule has 46 valence electrons. The Bertz CT molecular complexity index is 237. The van der Waals surface area contributed by atoms with E-state index >= 15 is 0 Å². The van der Waals surface area contributed by atoms with Crippen LogP contribution in [-0.4, -0.2) is 5.16 Å². The molecule has 0 aromatic carbocycles. The second kappa shape index (κ2) is 2.65. The summed E-state index contributed by atoms with van der Waals surface area (Å²) in [6, 6.07) is 1.60. The smallest absolute Gasteiger partial charge is 0.318 e. The van der Waals surface area contributed by atoms with Crippen LogP contribution in [0.2, 0.25) is 0 Å². The topological polar surface area (TPSA) is 30.4 Å². The van der Waals surface area contributed by atoms with Crippen LogP contribution in [0.5, 0.6) is 0 Å². The lowest BCUT2D eigenvalue weighted by atomic mass is 10.5. The molecule has 4 heteroatoms. The third-order valence-electron chi connectivity index (χ3n) is 0.793. The van der Waals surface area contributed by atoms with Crippen LogP contribution in [0.1, 0.15) is 5.76 Å². The molecule has 0 spiro atoms. The first-order valence-corrected chi connectivity index (χ1v) is 3.38. The highest BCUT2D eigenvalue weighted by molar-refractivity contribution is 9.08. The van der Waals surface area contributed by atoms with Crippen molar-refractivity contribution in [3.8, 4) is 0 Å². The van der Waals surface area contributed by atoms with Gasteiger partial charge < -0.3 is 4.85 Å². The molecule has 0 aliphatic heterocycles. The van der Waals surface area contributed by atoms with Crippen LogP contribution in [-0.2, 0) is 5.33 Å². The van der Waals surface area contributed by atoms with Gasteiger partial charge in [0.25, 0.3) is 0 Å². The van der Waals surface area contributed by atoms with Crippen molar-refractivity contribution in [3.63, 3.8) is 0 Å². The molecular formula is C5H3BrN2O. The normalized spacial score (nSPS) is 8.89. The van der Waals surface area contributed by atoms with Gasteiger partial charge in [-0.25, -0.2) is 0 Å². The van der Waals surface area contributed by atoms with Gasteiger partial charge in [-0.15, -0.1) is 0 Å². The summed E-state index contributed by atoms with van der Waals surface area (Å²) in [6.45, 7) is 6.52. The number of hydrogen-bond donors (Lipinski definition) is 0. The molecule has 0 radical (unpaired) electrons. The van der Waals surface area contributed by atoms with Crippen molar-refractivity contribution in [1.29, 1.82) is 0 Å². The minimum Gasteiger partial charge on any atom is -0.357 e. The van der Waals surface area contributed by atoms with Crippen LogP contribution in [0.3, 0.4) is 0 Å². The molecule has 9 heavy (non-hydrogen) atoms. The van der Waals surface area contributed by atoms with Crippen molar-refractivity contribution in [1.82, 2.24) is 5.16 Å². The molecule has 3 nitrogen and oxygen atoms in total. The van der Waals surface area contributed by atoms with Crippen molar-refractivity contribution in [2.24, 2.45) is 0 Å². The average molecular weight is 187 g/mol. The third-order valence-corrected chi connectivity index (χ3v) is 1.35. The van der Waals surface area contributed by atoms with Crippen LogP contribution in [0.4, 0.5) is 5.82 Å².